The first-order chi connectivity index (χ1) is 13.1. The third-order valence-electron chi connectivity index (χ3n) is 4.10. The van der Waals surface area contributed by atoms with Crippen molar-refractivity contribution in [3.8, 4) is 11.5 Å². The average molecular weight is 377 g/mol. The molecule has 0 spiro atoms. The molecule has 2 rings (SSSR count). The van der Waals surface area contributed by atoms with Gasteiger partial charge in [-0.15, -0.1) is 0 Å². The molecule has 5 nitrogen and oxygen atoms in total. The third-order valence-corrected chi connectivity index (χ3v) is 4.10. The Labute approximate surface area is 158 Å². The molecule has 0 unspecified atom stereocenters. The number of guanidine groups is 1. The Morgan fingerprint density at radius 1 is 0.963 bits per heavy atom. The summed E-state index contributed by atoms with van der Waals surface area (Å²) in [5.41, 5.74) is 1.43. The summed E-state index contributed by atoms with van der Waals surface area (Å²) in [6.45, 7) is 1.10. The van der Waals surface area contributed by atoms with Gasteiger partial charge in [0, 0.05) is 20.1 Å². The van der Waals surface area contributed by atoms with Gasteiger partial charge in [-0.05, 0) is 42.2 Å². The molecular weight excluding hydrogens is 352 g/mol. The Morgan fingerprint density at radius 2 is 1.67 bits per heavy atom. The minimum atomic E-state index is -0.829. The summed E-state index contributed by atoms with van der Waals surface area (Å²) in [7, 11) is 4.87. The van der Waals surface area contributed by atoms with Crippen molar-refractivity contribution in [2.75, 3.05) is 34.4 Å². The molecule has 0 radical (unpaired) electrons. The van der Waals surface area contributed by atoms with Crippen LogP contribution in [0.3, 0.4) is 0 Å². The summed E-state index contributed by atoms with van der Waals surface area (Å²) in [6, 6.07) is 9.97. The first-order valence-corrected chi connectivity index (χ1v) is 8.67. The number of hydrogen-bond acceptors (Lipinski definition) is 3. The van der Waals surface area contributed by atoms with E-state index < -0.39 is 11.6 Å². The van der Waals surface area contributed by atoms with Crippen LogP contribution in [0.25, 0.3) is 0 Å². The van der Waals surface area contributed by atoms with Crippen molar-refractivity contribution in [3.05, 3.63) is 59.2 Å². The predicted molar refractivity (Wildman–Crippen MR) is 103 cm³/mol. The molecule has 146 valence electrons. The van der Waals surface area contributed by atoms with Crippen LogP contribution in [0.15, 0.2) is 41.4 Å². The fourth-order valence-electron chi connectivity index (χ4n) is 2.64. The van der Waals surface area contributed by atoms with Crippen LogP contribution < -0.4 is 20.1 Å². The van der Waals surface area contributed by atoms with Crippen molar-refractivity contribution in [3.63, 3.8) is 0 Å². The molecule has 0 fully saturated rings. The number of ether oxygens (including phenoxy) is 2. The van der Waals surface area contributed by atoms with Gasteiger partial charge in [-0.1, -0.05) is 18.2 Å². The lowest BCUT2D eigenvalue weighted by Crippen LogP contribution is -2.39. The Bertz CT molecular complexity index is 782. The highest BCUT2D eigenvalue weighted by Crippen LogP contribution is 2.27. The van der Waals surface area contributed by atoms with Gasteiger partial charge in [0.1, 0.15) is 0 Å². The van der Waals surface area contributed by atoms with E-state index in [9.17, 15) is 8.78 Å². The SMILES string of the molecule is CN=C(NCCc1ccc(OC)c(OC)c1)NCCc1cccc(F)c1F. The molecule has 0 aliphatic carbocycles. The summed E-state index contributed by atoms with van der Waals surface area (Å²) in [5.74, 6) is 0.360. The van der Waals surface area contributed by atoms with Crippen molar-refractivity contribution in [2.24, 2.45) is 4.99 Å². The molecule has 2 aromatic carbocycles. The maximum Gasteiger partial charge on any atom is 0.190 e. The molecule has 2 aromatic rings. The number of nitrogens with one attached hydrogen (secondary N) is 2. The molecule has 0 aliphatic rings. The number of methoxy groups -OCH3 is 2. The fourth-order valence-corrected chi connectivity index (χ4v) is 2.64. The number of nitrogens with zero attached hydrogens (tertiary/aromatic N) is 1. The largest absolute Gasteiger partial charge is 0.493 e. The number of aliphatic imine (C=N–C) groups is 1. The van der Waals surface area contributed by atoms with Gasteiger partial charge in [-0.3, -0.25) is 4.99 Å². The molecule has 2 N–H and O–H groups in total. The molecule has 27 heavy (non-hydrogen) atoms. The van der Waals surface area contributed by atoms with Crippen LogP contribution in [0.1, 0.15) is 11.1 Å². The summed E-state index contributed by atoms with van der Waals surface area (Å²) in [5, 5.41) is 6.29. The van der Waals surface area contributed by atoms with Gasteiger partial charge in [0.15, 0.2) is 29.1 Å². The van der Waals surface area contributed by atoms with Crippen LogP contribution in [-0.4, -0.2) is 40.3 Å². The minimum Gasteiger partial charge on any atom is -0.493 e. The van der Waals surface area contributed by atoms with E-state index in [1.807, 2.05) is 18.2 Å². The Balaban J connectivity index is 1.79. The minimum absolute atomic E-state index is 0.336. The second kappa shape index (κ2) is 10.4. The highest BCUT2D eigenvalue weighted by Gasteiger charge is 2.08. The Kier molecular flexibility index (Phi) is 7.85. The van der Waals surface area contributed by atoms with Crippen LogP contribution in [0.2, 0.25) is 0 Å². The van der Waals surface area contributed by atoms with E-state index in [4.69, 9.17) is 9.47 Å². The van der Waals surface area contributed by atoms with Gasteiger partial charge < -0.3 is 20.1 Å². The van der Waals surface area contributed by atoms with Crippen molar-refractivity contribution < 1.29 is 18.3 Å². The van der Waals surface area contributed by atoms with E-state index in [0.29, 0.717) is 42.5 Å². The number of halogens is 2. The monoisotopic (exact) mass is 377 g/mol. The number of hydrogen-bond donors (Lipinski definition) is 2. The Hall–Kier alpha value is -2.83. The topological polar surface area (TPSA) is 54.9 Å². The zero-order valence-electron chi connectivity index (χ0n) is 15.8. The first-order valence-electron chi connectivity index (χ1n) is 8.67. The molecule has 0 bridgehead atoms. The number of rotatable bonds is 8. The maximum atomic E-state index is 13.6. The van der Waals surface area contributed by atoms with E-state index >= 15 is 0 Å². The van der Waals surface area contributed by atoms with Gasteiger partial charge >= 0.3 is 0 Å². The highest BCUT2D eigenvalue weighted by atomic mass is 19.2. The van der Waals surface area contributed by atoms with Crippen LogP contribution >= 0.6 is 0 Å². The van der Waals surface area contributed by atoms with Crippen LogP contribution in [0, 0.1) is 11.6 Å². The van der Waals surface area contributed by atoms with E-state index in [0.717, 1.165) is 18.1 Å². The molecule has 0 aromatic heterocycles. The van der Waals surface area contributed by atoms with Gasteiger partial charge in [-0.2, -0.15) is 0 Å². The van der Waals surface area contributed by atoms with Gasteiger partial charge in [-0.25, -0.2) is 8.78 Å². The van der Waals surface area contributed by atoms with E-state index in [2.05, 4.69) is 15.6 Å². The van der Waals surface area contributed by atoms with Crippen LogP contribution in [-0.2, 0) is 12.8 Å². The zero-order chi connectivity index (χ0) is 19.6. The summed E-state index contributed by atoms with van der Waals surface area (Å²) in [6.07, 6.45) is 1.12. The summed E-state index contributed by atoms with van der Waals surface area (Å²) < 4.78 is 37.4. The van der Waals surface area contributed by atoms with Crippen LogP contribution in [0.5, 0.6) is 11.5 Å². The lowest BCUT2D eigenvalue weighted by Gasteiger charge is -2.13. The standard InChI is InChI=1S/C20H25F2N3O2/c1-23-20(25-12-10-15-5-4-6-16(21)19(15)22)24-11-9-14-7-8-17(26-2)18(13-14)27-3/h4-8,13H,9-12H2,1-3H3,(H2,23,24,25). The van der Waals surface area contributed by atoms with Crippen molar-refractivity contribution >= 4 is 5.96 Å². The van der Waals surface area contributed by atoms with Crippen LogP contribution in [0.4, 0.5) is 8.78 Å². The Morgan fingerprint density at radius 3 is 2.33 bits per heavy atom. The van der Waals surface area contributed by atoms with Crippen molar-refractivity contribution in [1.29, 1.82) is 0 Å². The molecule has 7 heteroatoms. The van der Waals surface area contributed by atoms with Gasteiger partial charge in [0.25, 0.3) is 0 Å². The fraction of sp³-hybridized carbons (Fsp3) is 0.350. The lowest BCUT2D eigenvalue weighted by molar-refractivity contribution is 0.354. The molecule has 0 saturated carbocycles. The third kappa shape index (κ3) is 5.84. The molecule has 0 amide bonds. The van der Waals surface area contributed by atoms with E-state index in [-0.39, 0.29) is 0 Å². The van der Waals surface area contributed by atoms with Crippen molar-refractivity contribution in [2.45, 2.75) is 12.8 Å². The molecule has 0 saturated heterocycles. The smallest absolute Gasteiger partial charge is 0.190 e. The summed E-state index contributed by atoms with van der Waals surface area (Å²) >= 11 is 0. The second-order valence-electron chi connectivity index (χ2n) is 5.83. The quantitative estimate of drug-likeness (QED) is 0.549. The van der Waals surface area contributed by atoms with E-state index in [1.54, 1.807) is 27.3 Å². The normalized spacial score (nSPS) is 11.2. The van der Waals surface area contributed by atoms with Gasteiger partial charge in [0.05, 0.1) is 14.2 Å². The maximum absolute atomic E-state index is 13.6. The van der Waals surface area contributed by atoms with Gasteiger partial charge in [0.2, 0.25) is 0 Å². The highest BCUT2D eigenvalue weighted by molar-refractivity contribution is 5.79. The predicted octanol–water partition coefficient (Wildman–Crippen LogP) is 2.93. The molecule has 0 aliphatic heterocycles. The average Bonchev–Trinajstić information content (AvgIpc) is 2.69. The molecular formula is C20H25F2N3O2. The second-order valence-corrected chi connectivity index (χ2v) is 5.83. The zero-order valence-corrected chi connectivity index (χ0v) is 15.8. The first kappa shape index (κ1) is 20.5. The van der Waals surface area contributed by atoms with E-state index in [1.165, 1.54) is 6.07 Å². The lowest BCUT2D eigenvalue weighted by atomic mass is 10.1. The molecule has 0 atom stereocenters. The number of benzene rings is 2. The van der Waals surface area contributed by atoms with Crippen molar-refractivity contribution in [1.82, 2.24) is 10.6 Å². The molecule has 0 heterocycles. The summed E-state index contributed by atoms with van der Waals surface area (Å²) in [4.78, 5) is 4.13.